The number of anilines is 1. The number of hydrogen-bond acceptors (Lipinski definition) is 6. The number of ether oxygens (including phenoxy) is 1. The van der Waals surface area contributed by atoms with Crippen molar-refractivity contribution in [3.05, 3.63) is 65.9 Å². The van der Waals surface area contributed by atoms with Crippen LogP contribution in [0.2, 0.25) is 0 Å². The van der Waals surface area contributed by atoms with Gasteiger partial charge < -0.3 is 15.0 Å². The SMILES string of the molecule is COC(=O)[C@@H](NC(=O)C1CCN(c2nc(C)c3ccccc3n2)CC1)c1ccccc1. The molecule has 1 saturated heterocycles. The summed E-state index contributed by atoms with van der Waals surface area (Å²) in [4.78, 5) is 36.6. The summed E-state index contributed by atoms with van der Waals surface area (Å²) in [6.45, 7) is 3.36. The average Bonchev–Trinajstić information content (AvgIpc) is 2.82. The minimum Gasteiger partial charge on any atom is -0.467 e. The van der Waals surface area contributed by atoms with Crippen molar-refractivity contribution in [3.63, 3.8) is 0 Å². The van der Waals surface area contributed by atoms with Crippen LogP contribution in [0.15, 0.2) is 54.6 Å². The third kappa shape index (κ3) is 4.50. The number of carbonyl (C=O) groups is 2. The Morgan fingerprint density at radius 1 is 1.03 bits per heavy atom. The van der Waals surface area contributed by atoms with Crippen molar-refractivity contribution in [2.45, 2.75) is 25.8 Å². The zero-order valence-electron chi connectivity index (χ0n) is 17.7. The maximum absolute atomic E-state index is 12.9. The van der Waals surface area contributed by atoms with Gasteiger partial charge in [0.2, 0.25) is 11.9 Å². The molecule has 7 nitrogen and oxygen atoms in total. The second kappa shape index (κ2) is 9.12. The summed E-state index contributed by atoms with van der Waals surface area (Å²) in [5.41, 5.74) is 2.58. The Morgan fingerprint density at radius 2 is 1.71 bits per heavy atom. The normalized spacial score (nSPS) is 15.5. The number of para-hydroxylation sites is 1. The summed E-state index contributed by atoms with van der Waals surface area (Å²) < 4.78 is 4.90. The van der Waals surface area contributed by atoms with E-state index in [1.165, 1.54) is 7.11 Å². The monoisotopic (exact) mass is 418 g/mol. The van der Waals surface area contributed by atoms with Crippen LogP contribution in [0.5, 0.6) is 0 Å². The van der Waals surface area contributed by atoms with Crippen LogP contribution in [-0.4, -0.2) is 42.0 Å². The van der Waals surface area contributed by atoms with E-state index in [-0.39, 0.29) is 11.8 Å². The van der Waals surface area contributed by atoms with Gasteiger partial charge >= 0.3 is 5.97 Å². The molecule has 160 valence electrons. The molecule has 2 heterocycles. The lowest BCUT2D eigenvalue weighted by Gasteiger charge is -2.32. The lowest BCUT2D eigenvalue weighted by atomic mass is 9.95. The number of nitrogens with zero attached hydrogens (tertiary/aromatic N) is 3. The topological polar surface area (TPSA) is 84.4 Å². The number of carbonyl (C=O) groups excluding carboxylic acids is 2. The van der Waals surface area contributed by atoms with Crippen molar-refractivity contribution in [1.29, 1.82) is 0 Å². The Bertz CT molecular complexity index is 1080. The van der Waals surface area contributed by atoms with Crippen LogP contribution in [0.25, 0.3) is 10.9 Å². The number of benzene rings is 2. The van der Waals surface area contributed by atoms with E-state index < -0.39 is 12.0 Å². The summed E-state index contributed by atoms with van der Waals surface area (Å²) >= 11 is 0. The number of aryl methyl sites for hydroxylation is 1. The summed E-state index contributed by atoms with van der Waals surface area (Å²) in [5, 5.41) is 3.93. The van der Waals surface area contributed by atoms with E-state index in [4.69, 9.17) is 9.72 Å². The molecule has 1 aliphatic heterocycles. The molecule has 1 fully saturated rings. The lowest BCUT2D eigenvalue weighted by Crippen LogP contribution is -2.43. The predicted molar refractivity (Wildman–Crippen MR) is 119 cm³/mol. The van der Waals surface area contributed by atoms with Crippen LogP contribution in [0, 0.1) is 12.8 Å². The molecule has 0 spiro atoms. The third-order valence-corrected chi connectivity index (χ3v) is 5.79. The van der Waals surface area contributed by atoms with Crippen LogP contribution in [-0.2, 0) is 14.3 Å². The summed E-state index contributed by atoms with van der Waals surface area (Å²) in [5.74, 6) is -0.0769. The maximum atomic E-state index is 12.9. The van der Waals surface area contributed by atoms with Gasteiger partial charge in [-0.25, -0.2) is 14.8 Å². The van der Waals surface area contributed by atoms with Crippen molar-refractivity contribution in [3.8, 4) is 0 Å². The van der Waals surface area contributed by atoms with Crippen molar-refractivity contribution in [2.24, 2.45) is 5.92 Å². The van der Waals surface area contributed by atoms with Gasteiger partial charge in [0.15, 0.2) is 6.04 Å². The fourth-order valence-corrected chi connectivity index (χ4v) is 4.00. The minimum atomic E-state index is -0.803. The van der Waals surface area contributed by atoms with E-state index in [0.29, 0.717) is 37.4 Å². The van der Waals surface area contributed by atoms with Crippen LogP contribution in [0.4, 0.5) is 5.95 Å². The second-order valence-corrected chi connectivity index (χ2v) is 7.76. The van der Waals surface area contributed by atoms with Gasteiger partial charge in [-0.1, -0.05) is 48.5 Å². The minimum absolute atomic E-state index is 0.130. The summed E-state index contributed by atoms with van der Waals surface area (Å²) in [7, 11) is 1.33. The molecule has 0 unspecified atom stereocenters. The second-order valence-electron chi connectivity index (χ2n) is 7.76. The van der Waals surface area contributed by atoms with Gasteiger partial charge in [-0.3, -0.25) is 4.79 Å². The number of methoxy groups -OCH3 is 1. The first-order valence-corrected chi connectivity index (χ1v) is 10.5. The van der Waals surface area contributed by atoms with E-state index in [9.17, 15) is 9.59 Å². The molecular formula is C24H26N4O3. The summed E-state index contributed by atoms with van der Waals surface area (Å²) in [6, 6.07) is 16.3. The highest BCUT2D eigenvalue weighted by molar-refractivity contribution is 5.87. The van der Waals surface area contributed by atoms with Crippen molar-refractivity contribution >= 4 is 28.7 Å². The first kappa shape index (κ1) is 20.8. The molecule has 1 atom stereocenters. The molecule has 31 heavy (non-hydrogen) atoms. The number of nitrogens with one attached hydrogen (secondary N) is 1. The van der Waals surface area contributed by atoms with E-state index in [1.807, 2.05) is 61.5 Å². The Kier molecular flexibility index (Phi) is 6.11. The highest BCUT2D eigenvalue weighted by Gasteiger charge is 2.30. The standard InChI is InChI=1S/C24H26N4O3/c1-16-19-10-6-7-11-20(19)26-24(25-16)28-14-12-18(13-15-28)22(29)27-21(23(30)31-2)17-8-4-3-5-9-17/h3-11,18,21H,12-15H2,1-2H3,(H,27,29)/t21-/m0/s1. The van der Waals surface area contributed by atoms with Gasteiger partial charge in [0.1, 0.15) is 0 Å². The van der Waals surface area contributed by atoms with E-state index >= 15 is 0 Å². The highest BCUT2D eigenvalue weighted by Crippen LogP contribution is 2.25. The molecule has 0 radical (unpaired) electrons. The Hall–Kier alpha value is -3.48. The van der Waals surface area contributed by atoms with Crippen LogP contribution in [0.3, 0.4) is 0 Å². The fourth-order valence-electron chi connectivity index (χ4n) is 4.00. The average molecular weight is 418 g/mol. The van der Waals surface area contributed by atoms with Gasteiger partial charge in [-0.05, 0) is 31.4 Å². The number of amides is 1. The first-order chi connectivity index (χ1) is 15.1. The van der Waals surface area contributed by atoms with E-state index in [0.717, 1.165) is 16.6 Å². The fraction of sp³-hybridized carbons (Fsp3) is 0.333. The first-order valence-electron chi connectivity index (χ1n) is 10.5. The molecule has 7 heteroatoms. The number of esters is 1. The molecule has 4 rings (SSSR count). The summed E-state index contributed by atoms with van der Waals surface area (Å²) in [6.07, 6.45) is 1.34. The van der Waals surface area contributed by atoms with Gasteiger partial charge in [0, 0.05) is 24.4 Å². The molecule has 0 bridgehead atoms. The van der Waals surface area contributed by atoms with Gasteiger partial charge in [-0.15, -0.1) is 0 Å². The molecule has 1 N–H and O–H groups in total. The van der Waals surface area contributed by atoms with Crippen LogP contribution >= 0.6 is 0 Å². The Balaban J connectivity index is 1.42. The largest absolute Gasteiger partial charge is 0.467 e. The number of aromatic nitrogens is 2. The zero-order valence-corrected chi connectivity index (χ0v) is 17.7. The lowest BCUT2D eigenvalue weighted by molar-refractivity contribution is -0.146. The van der Waals surface area contributed by atoms with E-state index in [1.54, 1.807) is 0 Å². The molecule has 0 aliphatic carbocycles. The van der Waals surface area contributed by atoms with Gasteiger partial charge in [-0.2, -0.15) is 0 Å². The maximum Gasteiger partial charge on any atom is 0.333 e. The predicted octanol–water partition coefficient (Wildman–Crippen LogP) is 3.19. The molecule has 1 amide bonds. The molecule has 3 aromatic rings. The van der Waals surface area contributed by atoms with Crippen molar-refractivity contribution in [2.75, 3.05) is 25.1 Å². The molecule has 2 aromatic carbocycles. The van der Waals surface area contributed by atoms with Gasteiger partial charge in [0.05, 0.1) is 18.3 Å². The number of rotatable bonds is 5. The van der Waals surface area contributed by atoms with Gasteiger partial charge in [0.25, 0.3) is 0 Å². The van der Waals surface area contributed by atoms with Crippen molar-refractivity contribution < 1.29 is 14.3 Å². The Morgan fingerprint density at radius 3 is 2.42 bits per heavy atom. The highest BCUT2D eigenvalue weighted by atomic mass is 16.5. The molecule has 1 aromatic heterocycles. The zero-order chi connectivity index (χ0) is 21.8. The number of fused-ring (bicyclic) bond motifs is 1. The quantitative estimate of drug-likeness (QED) is 0.641. The Labute approximate surface area is 181 Å². The van der Waals surface area contributed by atoms with Crippen LogP contribution in [0.1, 0.15) is 30.1 Å². The smallest absolute Gasteiger partial charge is 0.333 e. The van der Waals surface area contributed by atoms with Crippen molar-refractivity contribution in [1.82, 2.24) is 15.3 Å². The molecule has 1 aliphatic rings. The van der Waals surface area contributed by atoms with E-state index in [2.05, 4.69) is 15.2 Å². The third-order valence-electron chi connectivity index (χ3n) is 5.79. The number of piperidine rings is 1. The molecular weight excluding hydrogens is 392 g/mol. The molecule has 0 saturated carbocycles. The number of hydrogen-bond donors (Lipinski definition) is 1. The van der Waals surface area contributed by atoms with Crippen LogP contribution < -0.4 is 10.2 Å².